The van der Waals surface area contributed by atoms with Gasteiger partial charge in [0, 0.05) is 13.2 Å². The van der Waals surface area contributed by atoms with Crippen LogP contribution in [0.3, 0.4) is 0 Å². The SMILES string of the molecule is C1CCOC1.CC(C)(C)OC(=O)N[C@@H](Cc1ccccc1)C1CO1.CCC(C)ON(C[C@@H](O)[C@H](Cc1ccccc1)NC(=O)OC(C)(C)C)S(=O)(=O)c1ccc(OC)cc1.CCC(C)ONS(=O)(=O)c1ccc(OC)cc1. The summed E-state index contributed by atoms with van der Waals surface area (Å²) in [6, 6.07) is 30.4. The number of aliphatic hydroxyl groups excluding tert-OH is 1. The molecule has 2 aliphatic heterocycles. The number of aliphatic hydroxyl groups is 1. The summed E-state index contributed by atoms with van der Waals surface area (Å²) in [5.74, 6) is 1.11. The van der Waals surface area contributed by atoms with Gasteiger partial charge in [-0.2, -0.15) is 0 Å². The van der Waals surface area contributed by atoms with Crippen molar-refractivity contribution in [2.75, 3.05) is 40.6 Å². The minimum absolute atomic E-state index is 0.0153. The first-order valence-electron chi connectivity index (χ1n) is 25.9. The van der Waals surface area contributed by atoms with Crippen molar-refractivity contribution in [2.45, 2.75) is 165 Å². The zero-order valence-electron chi connectivity index (χ0n) is 46.9. The summed E-state index contributed by atoms with van der Waals surface area (Å²) < 4.78 is 82.2. The van der Waals surface area contributed by atoms with E-state index < -0.39 is 62.1 Å². The molecule has 2 fully saturated rings. The summed E-state index contributed by atoms with van der Waals surface area (Å²) in [5.41, 5.74) is 0.811. The number of hydrogen-bond donors (Lipinski definition) is 4. The molecule has 0 aromatic heterocycles. The molecule has 4 aromatic carbocycles. The standard InChI is InChI=1S/C26H38N2O7S.C15H21NO3.C11H17NO4S.C4H8O/c1-7-19(2)35-28(36(31,32)22-15-13-21(33-6)14-16-22)18-24(29)23(17-20-11-9-8-10-12-20)27-25(30)34-26(3,4)5;1-15(2,3)19-14(17)16-12(13-10-18-13)9-11-7-5-4-6-8-11;1-4-9(2)16-12-17(13,14)11-7-5-10(15-3)6-8-11;1-2-4-5-3-1/h8-16,19,23-24,29H,7,17-18H2,1-6H3,(H,27,30);4-8,12-13H,9-10H2,1-3H3,(H,16,17);5-9,12H,4H2,1-3H3;1-4H2/t19?,23-,24+;12-,13?;;/m00../s1. The maximum Gasteiger partial charge on any atom is 0.407 e. The zero-order chi connectivity index (χ0) is 57.2. The first-order valence-corrected chi connectivity index (χ1v) is 28.8. The molecule has 0 bridgehead atoms. The van der Waals surface area contributed by atoms with Crippen molar-refractivity contribution >= 4 is 32.2 Å². The molecule has 77 heavy (non-hydrogen) atoms. The number of carbonyl (C=O) groups excluding carboxylic acids is 2. The lowest BCUT2D eigenvalue weighted by Crippen LogP contribution is -2.51. The van der Waals surface area contributed by atoms with Crippen LogP contribution in [0.1, 0.15) is 106 Å². The predicted molar refractivity (Wildman–Crippen MR) is 294 cm³/mol. The molecule has 0 spiro atoms. The number of epoxide rings is 1. The van der Waals surface area contributed by atoms with E-state index in [0.717, 1.165) is 36.1 Å². The van der Waals surface area contributed by atoms with Crippen molar-refractivity contribution in [2.24, 2.45) is 0 Å². The van der Waals surface area contributed by atoms with Gasteiger partial charge in [0.2, 0.25) is 0 Å². The number of hydrogen-bond acceptors (Lipinski definition) is 15. The lowest BCUT2D eigenvalue weighted by molar-refractivity contribution is -0.142. The van der Waals surface area contributed by atoms with Crippen LogP contribution in [-0.2, 0) is 61.5 Å². The number of nitrogens with one attached hydrogen (secondary N) is 3. The number of sulfonamides is 2. The third-order valence-corrected chi connectivity index (χ3v) is 14.1. The van der Waals surface area contributed by atoms with Crippen molar-refractivity contribution in [3.63, 3.8) is 0 Å². The molecule has 19 nitrogen and oxygen atoms in total. The molecule has 0 aliphatic carbocycles. The fourth-order valence-electron chi connectivity index (χ4n) is 6.66. The molecular weight excluding hydrogens is 1030 g/mol. The molecular formula is C56H84N4O15S2. The van der Waals surface area contributed by atoms with Gasteiger partial charge in [0.25, 0.3) is 20.0 Å². The van der Waals surface area contributed by atoms with E-state index in [-0.39, 0.29) is 40.6 Å². The van der Waals surface area contributed by atoms with Gasteiger partial charge in [0.05, 0.1) is 67.6 Å². The number of ether oxygens (including phenoxy) is 6. The number of rotatable bonds is 22. The number of carbonyl (C=O) groups is 2. The summed E-state index contributed by atoms with van der Waals surface area (Å²) in [5, 5.41) is 16.8. The Morgan fingerprint density at radius 1 is 0.675 bits per heavy atom. The highest BCUT2D eigenvalue weighted by Crippen LogP contribution is 2.24. The van der Waals surface area contributed by atoms with Crippen LogP contribution in [0.25, 0.3) is 0 Å². The molecule has 6 atom stereocenters. The highest BCUT2D eigenvalue weighted by atomic mass is 32.2. The third-order valence-electron chi connectivity index (χ3n) is 11.2. The average Bonchev–Trinajstić information content (AvgIpc) is 4.06. The molecule has 4 aromatic rings. The number of alkyl carbamates (subject to hydrolysis) is 2. The maximum absolute atomic E-state index is 13.4. The van der Waals surface area contributed by atoms with Gasteiger partial charge in [0.1, 0.15) is 28.8 Å². The van der Waals surface area contributed by atoms with Gasteiger partial charge in [-0.25, -0.2) is 26.4 Å². The van der Waals surface area contributed by atoms with E-state index in [0.29, 0.717) is 24.5 Å². The second kappa shape index (κ2) is 32.5. The van der Waals surface area contributed by atoms with Crippen molar-refractivity contribution in [1.29, 1.82) is 0 Å². The Morgan fingerprint density at radius 2 is 1.13 bits per heavy atom. The van der Waals surface area contributed by atoms with Gasteiger partial charge in [0.15, 0.2) is 0 Å². The van der Waals surface area contributed by atoms with Gasteiger partial charge >= 0.3 is 12.2 Å². The van der Waals surface area contributed by atoms with Crippen LogP contribution in [0.5, 0.6) is 11.5 Å². The van der Waals surface area contributed by atoms with Gasteiger partial charge < -0.3 is 44.2 Å². The Hall–Kier alpha value is -5.36. The highest BCUT2D eigenvalue weighted by molar-refractivity contribution is 7.89. The first-order chi connectivity index (χ1) is 36.3. The van der Waals surface area contributed by atoms with Crippen LogP contribution < -0.4 is 25.0 Å². The quantitative estimate of drug-likeness (QED) is 0.0424. The highest BCUT2D eigenvalue weighted by Gasteiger charge is 2.36. The fourth-order valence-corrected chi connectivity index (χ4v) is 8.87. The number of amides is 2. The molecule has 4 N–H and O–H groups in total. The van der Waals surface area contributed by atoms with Gasteiger partial charge in [-0.1, -0.05) is 83.9 Å². The summed E-state index contributed by atoms with van der Waals surface area (Å²) in [6.07, 6.45) is 1.94. The van der Waals surface area contributed by atoms with E-state index in [1.807, 2.05) is 95.3 Å². The molecule has 2 amide bonds. The fraction of sp³-hybridized carbons (Fsp3) is 0.536. The van der Waals surface area contributed by atoms with Crippen molar-refractivity contribution in [3.8, 4) is 11.5 Å². The number of hydroxylamine groups is 1. The Morgan fingerprint density at radius 3 is 1.55 bits per heavy atom. The Bertz CT molecular complexity index is 2510. The Kier molecular flexibility index (Phi) is 27.8. The zero-order valence-corrected chi connectivity index (χ0v) is 48.5. The lowest BCUT2D eigenvalue weighted by Gasteiger charge is -2.31. The largest absolute Gasteiger partial charge is 0.497 e. The molecule has 2 saturated heterocycles. The molecule has 21 heteroatoms. The van der Waals surface area contributed by atoms with E-state index in [9.17, 15) is 31.5 Å². The topological polar surface area (TPSA) is 239 Å². The second-order valence-electron chi connectivity index (χ2n) is 20.2. The van der Waals surface area contributed by atoms with E-state index in [1.165, 1.54) is 69.0 Å². The van der Waals surface area contributed by atoms with E-state index in [1.54, 1.807) is 46.8 Å². The average molecular weight is 1120 g/mol. The van der Waals surface area contributed by atoms with Crippen LogP contribution in [0.2, 0.25) is 0 Å². The van der Waals surface area contributed by atoms with Crippen molar-refractivity contribution < 1.29 is 69.6 Å². The first kappa shape index (κ1) is 65.9. The van der Waals surface area contributed by atoms with Gasteiger partial charge in [-0.15, -0.1) is 0 Å². The summed E-state index contributed by atoms with van der Waals surface area (Å²) in [6.45, 7) is 20.4. The smallest absolute Gasteiger partial charge is 0.407 e. The van der Waals surface area contributed by atoms with Crippen LogP contribution in [0, 0.1) is 0 Å². The minimum atomic E-state index is -4.14. The predicted octanol–water partition coefficient (Wildman–Crippen LogP) is 8.93. The molecule has 6 rings (SSSR count). The third kappa shape index (κ3) is 26.2. The van der Waals surface area contributed by atoms with Crippen LogP contribution in [0.4, 0.5) is 9.59 Å². The summed E-state index contributed by atoms with van der Waals surface area (Å²) in [4.78, 5) is 37.3. The molecule has 430 valence electrons. The van der Waals surface area contributed by atoms with Crippen LogP contribution >= 0.6 is 0 Å². The molecule has 0 saturated carbocycles. The van der Waals surface area contributed by atoms with E-state index in [4.69, 9.17) is 38.1 Å². The van der Waals surface area contributed by atoms with E-state index >= 15 is 0 Å². The molecule has 3 unspecified atom stereocenters. The number of methoxy groups -OCH3 is 2. The monoisotopic (exact) mass is 1120 g/mol. The minimum Gasteiger partial charge on any atom is -0.497 e. The Labute approximate surface area is 457 Å². The number of benzene rings is 4. The summed E-state index contributed by atoms with van der Waals surface area (Å²) in [7, 11) is -4.75. The number of nitrogens with zero attached hydrogens (tertiary/aromatic N) is 1. The van der Waals surface area contributed by atoms with Crippen LogP contribution in [0.15, 0.2) is 119 Å². The molecule has 0 radical (unpaired) electrons. The van der Waals surface area contributed by atoms with Crippen molar-refractivity contribution in [1.82, 2.24) is 20.0 Å². The molecule has 2 heterocycles. The Balaban J connectivity index is 0.000000316. The lowest BCUT2D eigenvalue weighted by atomic mass is 10.0. The summed E-state index contributed by atoms with van der Waals surface area (Å²) >= 11 is 0. The van der Waals surface area contributed by atoms with Gasteiger partial charge in [-0.3, -0.25) is 9.68 Å². The maximum atomic E-state index is 13.4. The normalized spacial score (nSPS) is 16.2. The van der Waals surface area contributed by atoms with E-state index in [2.05, 4.69) is 15.5 Å². The second-order valence-corrected chi connectivity index (χ2v) is 23.7. The van der Waals surface area contributed by atoms with Crippen LogP contribution in [-0.4, -0.2) is 127 Å². The van der Waals surface area contributed by atoms with Gasteiger partial charge in [-0.05, 0) is 154 Å². The van der Waals surface area contributed by atoms with Crippen molar-refractivity contribution in [3.05, 3.63) is 120 Å². The molecule has 2 aliphatic rings.